The summed E-state index contributed by atoms with van der Waals surface area (Å²) in [5, 5.41) is 3.08. The lowest BCUT2D eigenvalue weighted by molar-refractivity contribution is -0.124. The predicted octanol–water partition coefficient (Wildman–Crippen LogP) is 3.41. The number of aromatic nitrogens is 2. The summed E-state index contributed by atoms with van der Waals surface area (Å²) in [7, 11) is -4.01. The van der Waals surface area contributed by atoms with Crippen molar-refractivity contribution in [2.45, 2.75) is 49.6 Å². The van der Waals surface area contributed by atoms with Crippen LogP contribution in [0.15, 0.2) is 53.4 Å². The number of sulfonamides is 1. The van der Waals surface area contributed by atoms with E-state index in [0.29, 0.717) is 22.5 Å². The van der Waals surface area contributed by atoms with Gasteiger partial charge in [0.15, 0.2) is 0 Å². The molecule has 0 bridgehead atoms. The molecule has 1 aliphatic carbocycles. The van der Waals surface area contributed by atoms with Gasteiger partial charge in [-0.2, -0.15) is 13.5 Å². The highest BCUT2D eigenvalue weighted by Crippen LogP contribution is 2.26. The summed E-state index contributed by atoms with van der Waals surface area (Å²) in [6.07, 6.45) is 4.19. The van der Waals surface area contributed by atoms with Crippen LogP contribution >= 0.6 is 11.7 Å². The molecule has 1 saturated carbocycles. The van der Waals surface area contributed by atoms with Crippen molar-refractivity contribution in [2.24, 2.45) is 5.92 Å². The van der Waals surface area contributed by atoms with Crippen LogP contribution in [0.4, 0.5) is 0 Å². The zero-order valence-electron chi connectivity index (χ0n) is 16.6. The van der Waals surface area contributed by atoms with Crippen LogP contribution in [0.3, 0.4) is 0 Å². The molecule has 1 amide bonds. The van der Waals surface area contributed by atoms with Crippen LogP contribution in [-0.2, 0) is 14.8 Å². The Hall–Kier alpha value is -2.36. The lowest BCUT2D eigenvalue weighted by Crippen LogP contribution is -2.47. The molecule has 1 aliphatic rings. The van der Waals surface area contributed by atoms with Crippen molar-refractivity contribution >= 4 is 38.7 Å². The Labute approximate surface area is 180 Å². The van der Waals surface area contributed by atoms with E-state index in [2.05, 4.69) is 25.7 Å². The van der Waals surface area contributed by atoms with Crippen molar-refractivity contribution in [3.63, 3.8) is 0 Å². The summed E-state index contributed by atoms with van der Waals surface area (Å²) in [5.74, 6) is 0.0256. The van der Waals surface area contributed by atoms with Gasteiger partial charge in [-0.15, -0.1) is 0 Å². The monoisotopic (exact) mass is 444 g/mol. The summed E-state index contributed by atoms with van der Waals surface area (Å²) in [6.45, 7) is 2.13. The Bertz CT molecular complexity index is 1130. The second-order valence-electron chi connectivity index (χ2n) is 7.73. The third-order valence-electron chi connectivity index (χ3n) is 5.65. The highest BCUT2D eigenvalue weighted by Gasteiger charge is 2.31. The van der Waals surface area contributed by atoms with Gasteiger partial charge in [-0.25, -0.2) is 8.42 Å². The minimum atomic E-state index is -4.01. The van der Waals surface area contributed by atoms with Crippen molar-refractivity contribution in [1.82, 2.24) is 18.8 Å². The summed E-state index contributed by atoms with van der Waals surface area (Å²) >= 11 is 0.957. The molecule has 1 aromatic heterocycles. The van der Waals surface area contributed by atoms with Gasteiger partial charge in [-0.3, -0.25) is 4.79 Å². The van der Waals surface area contributed by atoms with Crippen molar-refractivity contribution in [3.8, 4) is 0 Å². The van der Waals surface area contributed by atoms with Crippen LogP contribution in [0.2, 0.25) is 0 Å². The molecule has 1 heterocycles. The van der Waals surface area contributed by atoms with Crippen molar-refractivity contribution in [2.75, 3.05) is 0 Å². The van der Waals surface area contributed by atoms with E-state index in [1.54, 1.807) is 36.4 Å². The van der Waals surface area contributed by atoms with Gasteiger partial charge in [0.05, 0.1) is 11.7 Å². The van der Waals surface area contributed by atoms with Gasteiger partial charge in [-0.05, 0) is 36.5 Å². The molecule has 0 unspecified atom stereocenters. The molecule has 1 fully saturated rings. The van der Waals surface area contributed by atoms with Crippen LogP contribution in [0.5, 0.6) is 0 Å². The third kappa shape index (κ3) is 4.38. The number of nitrogens with one attached hydrogen (secondary N) is 2. The molecule has 0 aliphatic heterocycles. The maximum Gasteiger partial charge on any atom is 0.243 e. The number of amides is 1. The first-order valence-electron chi connectivity index (χ1n) is 10.0. The zero-order valence-corrected chi connectivity index (χ0v) is 18.2. The predicted molar refractivity (Wildman–Crippen MR) is 116 cm³/mol. The molecular formula is C21H24N4O3S2. The minimum Gasteiger partial charge on any atom is -0.351 e. The van der Waals surface area contributed by atoms with Gasteiger partial charge in [0.1, 0.15) is 22.0 Å². The number of nitrogens with zero attached hydrogens (tertiary/aromatic N) is 2. The van der Waals surface area contributed by atoms with Crippen molar-refractivity contribution in [1.29, 1.82) is 0 Å². The van der Waals surface area contributed by atoms with Crippen LogP contribution < -0.4 is 10.0 Å². The molecule has 2 aromatic carbocycles. The van der Waals surface area contributed by atoms with Crippen LogP contribution in [0, 0.1) is 5.92 Å². The molecule has 4 rings (SSSR count). The molecular weight excluding hydrogens is 420 g/mol. The van der Waals surface area contributed by atoms with Gasteiger partial charge in [0.2, 0.25) is 15.9 Å². The lowest BCUT2D eigenvalue weighted by Gasteiger charge is -2.31. The van der Waals surface area contributed by atoms with E-state index < -0.39 is 16.1 Å². The quantitative estimate of drug-likeness (QED) is 0.607. The average molecular weight is 445 g/mol. The van der Waals surface area contributed by atoms with Crippen LogP contribution in [0.25, 0.3) is 11.0 Å². The number of rotatable bonds is 6. The Kier molecular flexibility index (Phi) is 6.12. The molecule has 2 N–H and O–H groups in total. The fourth-order valence-corrected chi connectivity index (χ4v) is 5.88. The Balaban J connectivity index is 1.65. The fourth-order valence-electron chi connectivity index (χ4n) is 3.93. The largest absolute Gasteiger partial charge is 0.351 e. The molecule has 0 saturated heterocycles. The second kappa shape index (κ2) is 8.79. The molecule has 7 nitrogen and oxygen atoms in total. The van der Waals surface area contributed by atoms with Crippen molar-refractivity contribution < 1.29 is 13.2 Å². The molecule has 9 heteroatoms. The number of benzene rings is 2. The van der Waals surface area contributed by atoms with Gasteiger partial charge in [0.25, 0.3) is 0 Å². The fraction of sp³-hybridized carbons (Fsp3) is 0.381. The first-order valence-corrected chi connectivity index (χ1v) is 12.3. The topological polar surface area (TPSA) is 101 Å². The maximum atomic E-state index is 13.2. The lowest BCUT2D eigenvalue weighted by atomic mass is 9.85. The highest BCUT2D eigenvalue weighted by atomic mass is 32.2. The molecule has 3 aromatic rings. The molecule has 30 heavy (non-hydrogen) atoms. The summed E-state index contributed by atoms with van der Waals surface area (Å²) in [5.41, 5.74) is 1.41. The number of hydrogen-bond acceptors (Lipinski definition) is 6. The van der Waals surface area contributed by atoms with E-state index in [-0.39, 0.29) is 16.8 Å². The minimum absolute atomic E-state index is 0.0218. The van der Waals surface area contributed by atoms with E-state index in [0.717, 1.165) is 37.4 Å². The van der Waals surface area contributed by atoms with Gasteiger partial charge >= 0.3 is 0 Å². The SMILES string of the molecule is C[C@@H]1CCCC[C@H]1NC(=O)[C@H](NS(=O)(=O)c1cccc2nsnc12)c1ccccc1. The Morgan fingerprint density at radius 1 is 1.07 bits per heavy atom. The van der Waals surface area contributed by atoms with E-state index >= 15 is 0 Å². The van der Waals surface area contributed by atoms with Crippen molar-refractivity contribution in [3.05, 3.63) is 54.1 Å². The first-order chi connectivity index (χ1) is 14.5. The standard InChI is InChI=1S/C21H24N4O3S2/c1-14-8-5-6-11-16(14)22-21(26)19(15-9-3-2-4-10-15)25-30(27,28)18-13-7-12-17-20(18)24-29-23-17/h2-4,7,9-10,12-14,16,19,25H,5-6,8,11H2,1H3,(H,22,26)/t14-,16-,19-/m1/s1. The Morgan fingerprint density at radius 3 is 2.60 bits per heavy atom. The first kappa shape index (κ1) is 20.9. The molecule has 0 spiro atoms. The molecule has 3 atom stereocenters. The zero-order chi connectivity index (χ0) is 21.1. The summed E-state index contributed by atoms with van der Waals surface area (Å²) in [4.78, 5) is 13.2. The van der Waals surface area contributed by atoms with E-state index in [9.17, 15) is 13.2 Å². The van der Waals surface area contributed by atoms with E-state index in [4.69, 9.17) is 0 Å². The number of fused-ring (bicyclic) bond motifs is 1. The smallest absolute Gasteiger partial charge is 0.243 e. The van der Waals surface area contributed by atoms with Crippen LogP contribution in [-0.4, -0.2) is 29.1 Å². The normalized spacial score (nSPS) is 20.7. The maximum absolute atomic E-state index is 13.2. The number of carbonyl (C=O) groups excluding carboxylic acids is 1. The number of hydrogen-bond donors (Lipinski definition) is 2. The van der Waals surface area contributed by atoms with E-state index in [1.807, 2.05) is 6.07 Å². The molecule has 158 valence electrons. The highest BCUT2D eigenvalue weighted by molar-refractivity contribution is 7.89. The average Bonchev–Trinajstić information content (AvgIpc) is 3.23. The van der Waals surface area contributed by atoms with E-state index in [1.165, 1.54) is 6.07 Å². The van der Waals surface area contributed by atoms with Crippen LogP contribution in [0.1, 0.15) is 44.2 Å². The van der Waals surface area contributed by atoms with Gasteiger partial charge in [0, 0.05) is 6.04 Å². The second-order valence-corrected chi connectivity index (χ2v) is 9.94. The Morgan fingerprint density at radius 2 is 1.83 bits per heavy atom. The van der Waals surface area contributed by atoms with Gasteiger partial charge < -0.3 is 5.32 Å². The molecule has 0 radical (unpaired) electrons. The van der Waals surface area contributed by atoms with Gasteiger partial charge in [-0.1, -0.05) is 56.2 Å². The summed E-state index contributed by atoms with van der Waals surface area (Å²) < 4.78 is 37.3. The number of carbonyl (C=O) groups is 1. The third-order valence-corrected chi connectivity index (χ3v) is 7.64. The summed E-state index contributed by atoms with van der Waals surface area (Å²) in [6, 6.07) is 12.7.